The number of rotatable bonds is 3. The average Bonchev–Trinajstić information content (AvgIpc) is 2.25. The Kier molecular flexibility index (Phi) is 4.27. The van der Waals surface area contributed by atoms with Gasteiger partial charge in [0, 0.05) is 0 Å². The summed E-state index contributed by atoms with van der Waals surface area (Å²) in [5, 5.41) is 0. The Morgan fingerprint density at radius 1 is 1.28 bits per heavy atom. The van der Waals surface area contributed by atoms with Crippen LogP contribution >= 0.6 is 0 Å². The molecule has 0 unspecified atom stereocenters. The predicted octanol–water partition coefficient (Wildman–Crippen LogP) is 4.08. The van der Waals surface area contributed by atoms with Gasteiger partial charge in [-0.1, -0.05) is 19.9 Å². The summed E-state index contributed by atoms with van der Waals surface area (Å²) in [6.07, 6.45) is -2.83. The first kappa shape index (κ1) is 14.4. The molecular weight excluding hydrogens is 248 g/mol. The first-order chi connectivity index (χ1) is 8.25. The number of halogens is 4. The van der Waals surface area contributed by atoms with Crippen LogP contribution in [-0.2, 0) is 11.0 Å². The first-order valence-electron chi connectivity index (χ1n) is 5.29. The molecule has 0 aliphatic rings. The Morgan fingerprint density at radius 3 is 2.33 bits per heavy atom. The molecule has 0 aliphatic carbocycles. The quantitative estimate of drug-likeness (QED) is 0.454. The van der Waals surface area contributed by atoms with Crippen molar-refractivity contribution >= 4 is 12.4 Å². The van der Waals surface area contributed by atoms with Gasteiger partial charge in [0.05, 0.1) is 5.56 Å². The summed E-state index contributed by atoms with van der Waals surface area (Å²) < 4.78 is 50.5. The molecule has 0 heterocycles. The van der Waals surface area contributed by atoms with Crippen molar-refractivity contribution in [1.82, 2.24) is 0 Å². The molecule has 18 heavy (non-hydrogen) atoms. The van der Waals surface area contributed by atoms with E-state index in [-0.39, 0.29) is 11.5 Å². The van der Waals surface area contributed by atoms with Gasteiger partial charge in [0.2, 0.25) is 0 Å². The van der Waals surface area contributed by atoms with Crippen LogP contribution in [0.2, 0.25) is 0 Å². The fourth-order valence-corrected chi connectivity index (χ4v) is 1.38. The van der Waals surface area contributed by atoms with Crippen LogP contribution < -0.4 is 0 Å². The normalized spacial score (nSPS) is 12.9. The van der Waals surface area contributed by atoms with Gasteiger partial charge in [-0.15, -0.1) is 0 Å². The molecule has 0 saturated carbocycles. The topological polar surface area (TPSA) is 17.1 Å². The second-order valence-corrected chi connectivity index (χ2v) is 4.15. The van der Waals surface area contributed by atoms with E-state index in [1.54, 1.807) is 13.8 Å². The summed E-state index contributed by atoms with van der Waals surface area (Å²) in [6, 6.07) is 2.65. The Bertz CT molecular complexity index is 472. The standard InChI is InChI=1S/C13H12F4O/c1-8(2)10(7-18)5-9-3-4-12(14)11(6-9)13(15,16)17/h3-8H,1-2H3/b10-5+. The molecule has 0 fully saturated rings. The Hall–Kier alpha value is -1.65. The molecule has 0 radical (unpaired) electrons. The second kappa shape index (κ2) is 5.33. The highest BCUT2D eigenvalue weighted by Crippen LogP contribution is 2.32. The van der Waals surface area contributed by atoms with Crippen LogP contribution in [0.3, 0.4) is 0 Å². The van der Waals surface area contributed by atoms with E-state index in [4.69, 9.17) is 0 Å². The number of alkyl halides is 3. The summed E-state index contributed by atoms with van der Waals surface area (Å²) in [6.45, 7) is 3.49. The predicted molar refractivity (Wildman–Crippen MR) is 60.3 cm³/mol. The molecule has 1 aromatic carbocycles. The third-order valence-corrected chi connectivity index (χ3v) is 2.43. The molecule has 0 spiro atoms. The molecule has 0 amide bonds. The number of carbonyl (C=O) groups is 1. The minimum Gasteiger partial charge on any atom is -0.298 e. The maximum absolute atomic E-state index is 13.0. The molecule has 1 nitrogen and oxygen atoms in total. The van der Waals surface area contributed by atoms with E-state index >= 15 is 0 Å². The largest absolute Gasteiger partial charge is 0.419 e. The van der Waals surface area contributed by atoms with Gasteiger partial charge in [-0.2, -0.15) is 13.2 Å². The molecule has 98 valence electrons. The fraction of sp³-hybridized carbons (Fsp3) is 0.308. The highest BCUT2D eigenvalue weighted by atomic mass is 19.4. The number of benzene rings is 1. The van der Waals surface area contributed by atoms with E-state index < -0.39 is 17.6 Å². The third-order valence-electron chi connectivity index (χ3n) is 2.43. The van der Waals surface area contributed by atoms with Crippen LogP contribution in [0.25, 0.3) is 6.08 Å². The Balaban J connectivity index is 3.25. The summed E-state index contributed by atoms with van der Waals surface area (Å²) in [5.41, 5.74) is -0.820. The highest BCUT2D eigenvalue weighted by molar-refractivity contribution is 5.82. The molecule has 0 aliphatic heterocycles. The van der Waals surface area contributed by atoms with Gasteiger partial charge in [0.15, 0.2) is 0 Å². The smallest absolute Gasteiger partial charge is 0.298 e. The fourth-order valence-electron chi connectivity index (χ4n) is 1.38. The lowest BCUT2D eigenvalue weighted by Gasteiger charge is -2.09. The van der Waals surface area contributed by atoms with E-state index in [0.717, 1.165) is 6.07 Å². The van der Waals surface area contributed by atoms with Crippen LogP contribution in [0.1, 0.15) is 25.0 Å². The molecule has 0 saturated heterocycles. The minimum absolute atomic E-state index is 0.109. The lowest BCUT2D eigenvalue weighted by Crippen LogP contribution is -2.08. The number of allylic oxidation sites excluding steroid dienone is 1. The van der Waals surface area contributed by atoms with Gasteiger partial charge < -0.3 is 0 Å². The average molecular weight is 260 g/mol. The van der Waals surface area contributed by atoms with Crippen molar-refractivity contribution in [2.75, 3.05) is 0 Å². The van der Waals surface area contributed by atoms with Crippen molar-refractivity contribution in [3.63, 3.8) is 0 Å². The van der Waals surface area contributed by atoms with Crippen molar-refractivity contribution < 1.29 is 22.4 Å². The molecule has 0 aromatic heterocycles. The van der Waals surface area contributed by atoms with Gasteiger partial charge in [0.25, 0.3) is 0 Å². The molecule has 1 aromatic rings. The van der Waals surface area contributed by atoms with Crippen molar-refractivity contribution in [3.8, 4) is 0 Å². The van der Waals surface area contributed by atoms with Crippen LogP contribution in [0, 0.1) is 11.7 Å². The maximum atomic E-state index is 13.0. The van der Waals surface area contributed by atoms with E-state index in [0.29, 0.717) is 17.9 Å². The zero-order valence-corrected chi connectivity index (χ0v) is 9.88. The van der Waals surface area contributed by atoms with Crippen LogP contribution in [-0.4, -0.2) is 6.29 Å². The second-order valence-electron chi connectivity index (χ2n) is 4.15. The third kappa shape index (κ3) is 3.42. The number of carbonyl (C=O) groups excluding carboxylic acids is 1. The summed E-state index contributed by atoms with van der Waals surface area (Å²) >= 11 is 0. The lowest BCUT2D eigenvalue weighted by atomic mass is 10.0. The van der Waals surface area contributed by atoms with Crippen molar-refractivity contribution in [3.05, 3.63) is 40.7 Å². The minimum atomic E-state index is -4.74. The molecule has 0 atom stereocenters. The molecular formula is C13H12F4O. The van der Waals surface area contributed by atoms with E-state index in [1.165, 1.54) is 12.1 Å². The summed E-state index contributed by atoms with van der Waals surface area (Å²) in [4.78, 5) is 10.7. The van der Waals surface area contributed by atoms with Gasteiger partial charge in [-0.25, -0.2) is 4.39 Å². The summed E-state index contributed by atoms with van der Waals surface area (Å²) in [5.74, 6) is -1.43. The van der Waals surface area contributed by atoms with Crippen molar-refractivity contribution in [1.29, 1.82) is 0 Å². The Morgan fingerprint density at radius 2 is 1.89 bits per heavy atom. The number of hydrogen-bond acceptors (Lipinski definition) is 1. The lowest BCUT2D eigenvalue weighted by molar-refractivity contribution is -0.140. The van der Waals surface area contributed by atoms with E-state index in [1.807, 2.05) is 0 Å². The molecule has 1 rings (SSSR count). The van der Waals surface area contributed by atoms with E-state index in [2.05, 4.69) is 0 Å². The Labute approximate surface area is 102 Å². The molecule has 5 heteroatoms. The monoisotopic (exact) mass is 260 g/mol. The van der Waals surface area contributed by atoms with Gasteiger partial charge in [0.1, 0.15) is 12.1 Å². The van der Waals surface area contributed by atoms with Crippen LogP contribution in [0.4, 0.5) is 17.6 Å². The first-order valence-corrected chi connectivity index (χ1v) is 5.29. The number of aldehydes is 1. The van der Waals surface area contributed by atoms with Gasteiger partial charge in [-0.3, -0.25) is 4.79 Å². The van der Waals surface area contributed by atoms with Crippen molar-refractivity contribution in [2.45, 2.75) is 20.0 Å². The molecule has 0 bridgehead atoms. The highest BCUT2D eigenvalue weighted by Gasteiger charge is 2.34. The molecule has 0 N–H and O–H groups in total. The summed E-state index contributed by atoms with van der Waals surface area (Å²) in [7, 11) is 0. The maximum Gasteiger partial charge on any atom is 0.419 e. The van der Waals surface area contributed by atoms with Crippen LogP contribution in [0.15, 0.2) is 23.8 Å². The zero-order chi connectivity index (χ0) is 13.9. The zero-order valence-electron chi connectivity index (χ0n) is 9.88. The van der Waals surface area contributed by atoms with Crippen molar-refractivity contribution in [2.24, 2.45) is 5.92 Å². The van der Waals surface area contributed by atoms with Gasteiger partial charge in [-0.05, 0) is 35.3 Å². The van der Waals surface area contributed by atoms with E-state index in [9.17, 15) is 22.4 Å². The number of hydrogen-bond donors (Lipinski definition) is 0. The SMILES string of the molecule is CC(C)/C(C=O)=C/c1ccc(F)c(C(F)(F)F)c1. The van der Waals surface area contributed by atoms with Gasteiger partial charge >= 0.3 is 6.18 Å². The van der Waals surface area contributed by atoms with Crippen LogP contribution in [0.5, 0.6) is 0 Å².